The van der Waals surface area contributed by atoms with E-state index < -0.39 is 5.97 Å². The highest BCUT2D eigenvalue weighted by molar-refractivity contribution is 8.18. The summed E-state index contributed by atoms with van der Waals surface area (Å²) >= 11 is 1.27. The molecule has 7 heteroatoms. The molecule has 0 bridgehead atoms. The van der Waals surface area contributed by atoms with Gasteiger partial charge in [0, 0.05) is 6.04 Å². The van der Waals surface area contributed by atoms with Crippen LogP contribution in [0.3, 0.4) is 0 Å². The van der Waals surface area contributed by atoms with Crippen LogP contribution in [0.2, 0.25) is 0 Å². The second-order valence-corrected chi connectivity index (χ2v) is 8.39. The monoisotopic (exact) mass is 424 g/mol. The molecule has 1 saturated heterocycles. The van der Waals surface area contributed by atoms with Crippen molar-refractivity contribution in [2.75, 3.05) is 0 Å². The average molecular weight is 424 g/mol. The van der Waals surface area contributed by atoms with Gasteiger partial charge in [0.25, 0.3) is 5.91 Å². The molecule has 0 unspecified atom stereocenters. The Bertz CT molecular complexity index is 1030. The molecule has 2 aromatic carbocycles. The predicted molar refractivity (Wildman–Crippen MR) is 116 cm³/mol. The zero-order valence-corrected chi connectivity index (χ0v) is 17.1. The summed E-state index contributed by atoms with van der Waals surface area (Å²) in [7, 11) is 0. The maximum atomic E-state index is 13.2. The number of carbonyl (C=O) groups excluding carboxylic acids is 1. The molecule has 1 heterocycles. The summed E-state index contributed by atoms with van der Waals surface area (Å²) in [5.41, 5.74) is 1.39. The van der Waals surface area contributed by atoms with Gasteiger partial charge in [-0.15, -0.1) is 0 Å². The molecule has 154 valence electrons. The SMILES string of the molecule is O=C(O)c1cccc(N=C2S/C(=C\c3ccc(F)cc3)C(=O)N2C2CCCCC2)c1. The van der Waals surface area contributed by atoms with E-state index >= 15 is 0 Å². The Morgan fingerprint density at radius 1 is 1.13 bits per heavy atom. The summed E-state index contributed by atoms with van der Waals surface area (Å²) in [6.45, 7) is 0. The van der Waals surface area contributed by atoms with Gasteiger partial charge in [0.05, 0.1) is 16.2 Å². The minimum Gasteiger partial charge on any atom is -0.478 e. The Balaban J connectivity index is 1.70. The van der Waals surface area contributed by atoms with E-state index in [0.717, 1.165) is 37.7 Å². The summed E-state index contributed by atoms with van der Waals surface area (Å²) < 4.78 is 13.2. The van der Waals surface area contributed by atoms with Crippen molar-refractivity contribution in [2.45, 2.75) is 38.1 Å². The zero-order valence-electron chi connectivity index (χ0n) is 16.3. The number of amidine groups is 1. The van der Waals surface area contributed by atoms with Gasteiger partial charge in [-0.25, -0.2) is 14.2 Å². The Morgan fingerprint density at radius 2 is 1.87 bits per heavy atom. The first-order valence-corrected chi connectivity index (χ1v) is 10.7. The van der Waals surface area contributed by atoms with Crippen LogP contribution in [0.15, 0.2) is 58.4 Å². The largest absolute Gasteiger partial charge is 0.478 e. The van der Waals surface area contributed by atoms with Gasteiger partial charge in [0.2, 0.25) is 0 Å². The first kappa shape index (κ1) is 20.3. The number of thioether (sulfide) groups is 1. The number of aromatic carboxylic acids is 1. The number of amides is 1. The van der Waals surface area contributed by atoms with Gasteiger partial charge in [-0.05, 0) is 66.6 Å². The van der Waals surface area contributed by atoms with Crippen LogP contribution < -0.4 is 0 Å². The van der Waals surface area contributed by atoms with E-state index in [1.165, 1.54) is 36.0 Å². The number of aliphatic imine (C=N–C) groups is 1. The summed E-state index contributed by atoms with van der Waals surface area (Å²) in [4.78, 5) is 31.4. The van der Waals surface area contributed by atoms with E-state index in [9.17, 15) is 19.1 Å². The average Bonchev–Trinajstić information content (AvgIpc) is 3.05. The van der Waals surface area contributed by atoms with Crippen LogP contribution in [-0.4, -0.2) is 33.1 Å². The van der Waals surface area contributed by atoms with Crippen molar-refractivity contribution in [3.05, 3.63) is 70.4 Å². The summed E-state index contributed by atoms with van der Waals surface area (Å²) in [6, 6.07) is 12.5. The van der Waals surface area contributed by atoms with Gasteiger partial charge in [-0.1, -0.05) is 37.5 Å². The lowest BCUT2D eigenvalue weighted by atomic mass is 9.94. The number of rotatable bonds is 4. The van der Waals surface area contributed by atoms with E-state index in [0.29, 0.717) is 15.8 Å². The second-order valence-electron chi connectivity index (χ2n) is 7.38. The number of carboxylic acid groups (broad SMARTS) is 1. The molecule has 0 spiro atoms. The smallest absolute Gasteiger partial charge is 0.335 e. The highest BCUT2D eigenvalue weighted by Gasteiger charge is 2.38. The van der Waals surface area contributed by atoms with Crippen LogP contribution in [0, 0.1) is 5.82 Å². The summed E-state index contributed by atoms with van der Waals surface area (Å²) in [5, 5.41) is 9.80. The summed E-state index contributed by atoms with van der Waals surface area (Å²) in [6.07, 6.45) is 6.89. The minimum atomic E-state index is -1.02. The quantitative estimate of drug-likeness (QED) is 0.662. The highest BCUT2D eigenvalue weighted by atomic mass is 32.2. The number of hydrogen-bond donors (Lipinski definition) is 1. The maximum absolute atomic E-state index is 13.2. The number of nitrogens with zero attached hydrogens (tertiary/aromatic N) is 2. The van der Waals surface area contributed by atoms with Crippen molar-refractivity contribution in [1.29, 1.82) is 0 Å². The van der Waals surface area contributed by atoms with Gasteiger partial charge < -0.3 is 5.11 Å². The molecule has 5 nitrogen and oxygen atoms in total. The number of carboxylic acids is 1. The van der Waals surface area contributed by atoms with E-state index in [1.54, 1.807) is 35.2 Å². The maximum Gasteiger partial charge on any atom is 0.335 e. The standard InChI is InChI=1S/C23H21FN2O3S/c24-17-11-9-15(10-12-17)13-20-21(27)26(19-7-2-1-3-8-19)23(30-20)25-18-6-4-5-16(14-18)22(28)29/h4-6,9-14,19H,1-3,7-8H2,(H,28,29)/b20-13-,25-23?. The van der Waals surface area contributed by atoms with Crippen LogP contribution in [0.4, 0.5) is 10.1 Å². The molecule has 0 aromatic heterocycles. The third kappa shape index (κ3) is 4.46. The predicted octanol–water partition coefficient (Wildman–Crippen LogP) is 5.46. The van der Waals surface area contributed by atoms with Gasteiger partial charge in [-0.3, -0.25) is 9.69 Å². The van der Waals surface area contributed by atoms with Crippen molar-refractivity contribution >= 4 is 40.6 Å². The molecule has 1 N–H and O–H groups in total. The molecule has 1 aliphatic heterocycles. The zero-order chi connectivity index (χ0) is 21.1. The number of benzene rings is 2. The van der Waals surface area contributed by atoms with E-state index in [4.69, 9.17) is 0 Å². The molecule has 2 aromatic rings. The highest BCUT2D eigenvalue weighted by Crippen LogP contribution is 2.38. The van der Waals surface area contributed by atoms with Crippen molar-refractivity contribution < 1.29 is 19.1 Å². The second kappa shape index (κ2) is 8.83. The Kier molecular flexibility index (Phi) is 5.99. The van der Waals surface area contributed by atoms with Crippen LogP contribution in [0.1, 0.15) is 48.0 Å². The molecule has 4 rings (SSSR count). The van der Waals surface area contributed by atoms with Gasteiger partial charge in [0.15, 0.2) is 5.17 Å². The molecule has 1 aliphatic carbocycles. The van der Waals surface area contributed by atoms with Gasteiger partial charge >= 0.3 is 5.97 Å². The lowest BCUT2D eigenvalue weighted by Crippen LogP contribution is -2.40. The van der Waals surface area contributed by atoms with Crippen LogP contribution in [0.25, 0.3) is 6.08 Å². The first-order valence-electron chi connectivity index (χ1n) is 9.92. The fraction of sp³-hybridized carbons (Fsp3) is 0.261. The van der Waals surface area contributed by atoms with Crippen molar-refractivity contribution in [1.82, 2.24) is 4.90 Å². The van der Waals surface area contributed by atoms with Crippen LogP contribution >= 0.6 is 11.8 Å². The molecule has 0 atom stereocenters. The Morgan fingerprint density at radius 3 is 2.57 bits per heavy atom. The minimum absolute atomic E-state index is 0.0827. The van der Waals surface area contributed by atoms with Crippen LogP contribution in [-0.2, 0) is 4.79 Å². The molecule has 1 saturated carbocycles. The molecular weight excluding hydrogens is 403 g/mol. The molecule has 1 amide bonds. The van der Waals surface area contributed by atoms with E-state index in [-0.39, 0.29) is 23.3 Å². The third-order valence-electron chi connectivity index (χ3n) is 5.26. The topological polar surface area (TPSA) is 70.0 Å². The van der Waals surface area contributed by atoms with Crippen molar-refractivity contribution in [3.63, 3.8) is 0 Å². The molecule has 2 aliphatic rings. The molecule has 30 heavy (non-hydrogen) atoms. The number of hydrogen-bond acceptors (Lipinski definition) is 4. The number of carbonyl (C=O) groups is 2. The Labute approximate surface area is 178 Å². The molecular formula is C23H21FN2O3S. The molecule has 0 radical (unpaired) electrons. The fourth-order valence-corrected chi connectivity index (χ4v) is 4.81. The van der Waals surface area contributed by atoms with E-state index in [2.05, 4.69) is 4.99 Å². The Hall–Kier alpha value is -2.93. The first-order chi connectivity index (χ1) is 14.5. The number of halogens is 1. The van der Waals surface area contributed by atoms with Crippen LogP contribution in [0.5, 0.6) is 0 Å². The lowest BCUT2D eigenvalue weighted by molar-refractivity contribution is -0.124. The third-order valence-corrected chi connectivity index (χ3v) is 6.25. The normalized spacial score (nSPS) is 20.3. The lowest BCUT2D eigenvalue weighted by Gasteiger charge is -2.30. The fourth-order valence-electron chi connectivity index (χ4n) is 3.76. The molecule has 2 fully saturated rings. The summed E-state index contributed by atoms with van der Waals surface area (Å²) in [5.74, 6) is -1.45. The van der Waals surface area contributed by atoms with Gasteiger partial charge in [-0.2, -0.15) is 0 Å². The van der Waals surface area contributed by atoms with Crippen molar-refractivity contribution in [2.24, 2.45) is 4.99 Å². The van der Waals surface area contributed by atoms with Gasteiger partial charge in [0.1, 0.15) is 5.82 Å². The van der Waals surface area contributed by atoms with Crippen molar-refractivity contribution in [3.8, 4) is 0 Å². The van der Waals surface area contributed by atoms with E-state index in [1.807, 2.05) is 0 Å².